The van der Waals surface area contributed by atoms with E-state index in [1.54, 1.807) is 19.2 Å². The summed E-state index contributed by atoms with van der Waals surface area (Å²) in [5, 5.41) is 12.8. The SMILES string of the molecule is COCc1ccc(Cl)cc1.NOCC(=O)Nc1cc(Br)cc(Br)c1O. The van der Waals surface area contributed by atoms with E-state index in [1.165, 1.54) is 0 Å². The largest absolute Gasteiger partial charge is 0.505 e. The molecule has 6 nitrogen and oxygen atoms in total. The van der Waals surface area contributed by atoms with E-state index in [0.29, 0.717) is 11.1 Å². The molecule has 4 N–H and O–H groups in total. The smallest absolute Gasteiger partial charge is 0.252 e. The summed E-state index contributed by atoms with van der Waals surface area (Å²) < 4.78 is 6.12. The Morgan fingerprint density at radius 2 is 1.92 bits per heavy atom. The Morgan fingerprint density at radius 1 is 1.28 bits per heavy atom. The summed E-state index contributed by atoms with van der Waals surface area (Å²) in [4.78, 5) is 15.3. The van der Waals surface area contributed by atoms with Gasteiger partial charge in [0.2, 0.25) is 0 Å². The average Bonchev–Trinajstić information content (AvgIpc) is 2.55. The molecule has 0 heterocycles. The summed E-state index contributed by atoms with van der Waals surface area (Å²) in [5.41, 5.74) is 1.42. The lowest BCUT2D eigenvalue weighted by Gasteiger charge is -2.08. The highest BCUT2D eigenvalue weighted by Crippen LogP contribution is 2.35. The third-order valence-electron chi connectivity index (χ3n) is 2.74. The third kappa shape index (κ3) is 8.17. The van der Waals surface area contributed by atoms with Crippen molar-refractivity contribution in [1.29, 1.82) is 0 Å². The fourth-order valence-corrected chi connectivity index (χ4v) is 3.02. The number of nitrogens with one attached hydrogen (secondary N) is 1. The highest BCUT2D eigenvalue weighted by Gasteiger charge is 2.10. The van der Waals surface area contributed by atoms with Gasteiger partial charge in [0.15, 0.2) is 5.75 Å². The average molecular weight is 497 g/mol. The van der Waals surface area contributed by atoms with Crippen molar-refractivity contribution in [2.45, 2.75) is 6.61 Å². The van der Waals surface area contributed by atoms with Crippen LogP contribution < -0.4 is 11.2 Å². The van der Waals surface area contributed by atoms with E-state index in [0.717, 1.165) is 15.1 Å². The molecule has 0 aliphatic carbocycles. The van der Waals surface area contributed by atoms with Gasteiger partial charge in [-0.3, -0.25) is 9.63 Å². The maximum Gasteiger partial charge on any atom is 0.252 e. The molecule has 1 amide bonds. The highest BCUT2D eigenvalue weighted by atomic mass is 79.9. The number of hydrogen-bond acceptors (Lipinski definition) is 5. The van der Waals surface area contributed by atoms with Gasteiger partial charge in [-0.2, -0.15) is 0 Å². The molecule has 0 bridgehead atoms. The number of phenols is 1. The maximum atomic E-state index is 11.1. The monoisotopic (exact) mass is 494 g/mol. The maximum absolute atomic E-state index is 11.1. The van der Waals surface area contributed by atoms with Gasteiger partial charge in [0.25, 0.3) is 5.91 Å². The second-order valence-corrected chi connectivity index (χ2v) is 6.91. The first-order chi connectivity index (χ1) is 11.9. The highest BCUT2D eigenvalue weighted by molar-refractivity contribution is 9.11. The number of hydrogen-bond donors (Lipinski definition) is 3. The van der Waals surface area contributed by atoms with E-state index < -0.39 is 5.91 Å². The van der Waals surface area contributed by atoms with Gasteiger partial charge in [-0.1, -0.05) is 39.7 Å². The van der Waals surface area contributed by atoms with E-state index in [2.05, 4.69) is 42.0 Å². The van der Waals surface area contributed by atoms with E-state index in [9.17, 15) is 9.90 Å². The number of ether oxygens (including phenoxy) is 1. The summed E-state index contributed by atoms with van der Waals surface area (Å²) in [6.07, 6.45) is 0. The first-order valence-corrected chi connectivity index (χ1v) is 8.86. The minimum Gasteiger partial charge on any atom is -0.505 e. The second-order valence-electron chi connectivity index (χ2n) is 4.70. The number of rotatable bonds is 5. The molecule has 0 aromatic heterocycles. The van der Waals surface area contributed by atoms with Crippen molar-refractivity contribution in [3.05, 3.63) is 55.9 Å². The summed E-state index contributed by atoms with van der Waals surface area (Å²) in [6, 6.07) is 10.8. The molecule has 0 fully saturated rings. The lowest BCUT2D eigenvalue weighted by Crippen LogP contribution is -2.20. The number of benzene rings is 2. The summed E-state index contributed by atoms with van der Waals surface area (Å²) >= 11 is 12.0. The summed E-state index contributed by atoms with van der Waals surface area (Å²) in [5.74, 6) is 4.24. The van der Waals surface area contributed by atoms with Gasteiger partial charge in [0.05, 0.1) is 16.8 Å². The number of aromatic hydroxyl groups is 1. The molecule has 9 heteroatoms. The minimum absolute atomic E-state index is 0.0522. The molecule has 0 saturated carbocycles. The molecule has 0 spiro atoms. The van der Waals surface area contributed by atoms with E-state index >= 15 is 0 Å². The zero-order chi connectivity index (χ0) is 18.8. The van der Waals surface area contributed by atoms with Crippen LogP contribution >= 0.6 is 43.5 Å². The molecule has 136 valence electrons. The van der Waals surface area contributed by atoms with Gasteiger partial charge in [0, 0.05) is 16.6 Å². The van der Waals surface area contributed by atoms with Gasteiger partial charge >= 0.3 is 0 Å². The molecule has 0 atom stereocenters. The molecule has 2 aromatic carbocycles. The fourth-order valence-electron chi connectivity index (χ4n) is 1.67. The zero-order valence-corrected chi connectivity index (χ0v) is 17.2. The molecule has 0 radical (unpaired) electrons. The number of nitrogens with two attached hydrogens (primary N) is 1. The molecular weight excluding hydrogens is 479 g/mol. The number of amides is 1. The van der Waals surface area contributed by atoms with Crippen LogP contribution in [0.25, 0.3) is 0 Å². The number of methoxy groups -OCH3 is 1. The van der Waals surface area contributed by atoms with Crippen molar-refractivity contribution < 1.29 is 19.5 Å². The Bertz CT molecular complexity index is 699. The van der Waals surface area contributed by atoms with Crippen molar-refractivity contribution in [2.24, 2.45) is 5.90 Å². The molecule has 2 aromatic rings. The molecular formula is C16H17Br2ClN2O4. The van der Waals surface area contributed by atoms with Gasteiger partial charge in [-0.25, -0.2) is 5.90 Å². The van der Waals surface area contributed by atoms with E-state index in [1.807, 2.05) is 24.3 Å². The standard InChI is InChI=1S/C8H8Br2N2O3.C8H9ClO/c9-4-1-5(10)8(14)6(2-4)12-7(13)3-15-11;1-10-6-7-2-4-8(9)5-3-7/h1-2,14H,3,11H2,(H,12,13);2-5H,6H2,1H3. The number of carbonyl (C=O) groups is 1. The van der Waals surface area contributed by atoms with Crippen molar-refractivity contribution in [1.82, 2.24) is 0 Å². The van der Waals surface area contributed by atoms with E-state index in [4.69, 9.17) is 22.2 Å². The number of anilines is 1. The Morgan fingerprint density at radius 3 is 2.48 bits per heavy atom. The predicted molar refractivity (Wildman–Crippen MR) is 104 cm³/mol. The Hall–Kier alpha value is -1.16. The van der Waals surface area contributed by atoms with Crippen molar-refractivity contribution in [3.8, 4) is 5.75 Å². The van der Waals surface area contributed by atoms with Gasteiger partial charge in [-0.15, -0.1) is 0 Å². The van der Waals surface area contributed by atoms with Crippen LogP contribution in [-0.4, -0.2) is 24.7 Å². The molecule has 2 rings (SSSR count). The first-order valence-electron chi connectivity index (χ1n) is 6.90. The Kier molecular flexibility index (Phi) is 10.0. The van der Waals surface area contributed by atoms with Crippen LogP contribution in [0.2, 0.25) is 5.02 Å². The van der Waals surface area contributed by atoms with Crippen molar-refractivity contribution in [2.75, 3.05) is 19.0 Å². The van der Waals surface area contributed by atoms with Crippen molar-refractivity contribution >= 4 is 55.1 Å². The van der Waals surface area contributed by atoms with Gasteiger partial charge in [0.1, 0.15) is 6.61 Å². The summed E-state index contributed by atoms with van der Waals surface area (Å²) in [7, 11) is 1.68. The van der Waals surface area contributed by atoms with Crippen LogP contribution in [0.1, 0.15) is 5.56 Å². The molecule has 0 aliphatic heterocycles. The molecule has 0 saturated heterocycles. The third-order valence-corrected chi connectivity index (χ3v) is 4.06. The molecule has 0 unspecified atom stereocenters. The van der Waals surface area contributed by atoms with Gasteiger partial charge < -0.3 is 15.2 Å². The quantitative estimate of drug-likeness (QED) is 0.426. The van der Waals surface area contributed by atoms with E-state index in [-0.39, 0.29) is 18.0 Å². The lowest BCUT2D eigenvalue weighted by molar-refractivity contribution is -0.120. The topological polar surface area (TPSA) is 93.8 Å². The van der Waals surface area contributed by atoms with Crippen molar-refractivity contribution in [3.63, 3.8) is 0 Å². The summed E-state index contributed by atoms with van der Waals surface area (Å²) in [6.45, 7) is 0.376. The first kappa shape index (κ1) is 21.9. The predicted octanol–water partition coefficient (Wildman–Crippen LogP) is 4.23. The van der Waals surface area contributed by atoms with Crippen LogP contribution in [0.5, 0.6) is 5.75 Å². The van der Waals surface area contributed by atoms with Crippen LogP contribution in [0.4, 0.5) is 5.69 Å². The van der Waals surface area contributed by atoms with Crippen LogP contribution in [0.15, 0.2) is 45.3 Å². The van der Waals surface area contributed by atoms with Crippen LogP contribution in [0, 0.1) is 0 Å². The fraction of sp³-hybridized carbons (Fsp3) is 0.188. The second kappa shape index (κ2) is 11.5. The normalized spacial score (nSPS) is 9.96. The lowest BCUT2D eigenvalue weighted by atomic mass is 10.2. The number of halogens is 3. The van der Waals surface area contributed by atoms with Crippen LogP contribution in [0.3, 0.4) is 0 Å². The molecule has 25 heavy (non-hydrogen) atoms. The molecule has 0 aliphatic rings. The van der Waals surface area contributed by atoms with Crippen LogP contribution in [-0.2, 0) is 21.0 Å². The zero-order valence-electron chi connectivity index (χ0n) is 13.3. The van der Waals surface area contributed by atoms with Gasteiger partial charge in [-0.05, 0) is 45.8 Å². The Balaban J connectivity index is 0.000000271. The number of carbonyl (C=O) groups excluding carboxylic acids is 1. The number of phenolic OH excluding ortho intramolecular Hbond substituents is 1. The Labute approximate surface area is 167 Å². The minimum atomic E-state index is -0.446.